The van der Waals surface area contributed by atoms with Gasteiger partial charge < -0.3 is 4.84 Å². The van der Waals surface area contributed by atoms with Crippen molar-refractivity contribution < 1.29 is 9.63 Å². The predicted molar refractivity (Wildman–Crippen MR) is 76.5 cm³/mol. The first kappa shape index (κ1) is 14.8. The van der Waals surface area contributed by atoms with Gasteiger partial charge >= 0.3 is 5.97 Å². The van der Waals surface area contributed by atoms with Crippen molar-refractivity contribution in [3.8, 4) is 0 Å². The quantitative estimate of drug-likeness (QED) is 0.783. The van der Waals surface area contributed by atoms with Crippen LogP contribution in [0.1, 0.15) is 77.0 Å². The summed E-state index contributed by atoms with van der Waals surface area (Å²) in [6.07, 6.45) is 14.9. The highest BCUT2D eigenvalue weighted by Gasteiger charge is 2.22. The minimum atomic E-state index is -0.0140. The van der Waals surface area contributed by atoms with Gasteiger partial charge in [-0.3, -0.25) is 4.79 Å². The summed E-state index contributed by atoms with van der Waals surface area (Å²) in [4.78, 5) is 17.3. The minimum absolute atomic E-state index is 0.0140. The van der Waals surface area contributed by atoms with Gasteiger partial charge in [-0.05, 0) is 31.6 Å². The number of carbonyl (C=O) groups excluding carboxylic acids is 1. The average Bonchev–Trinajstić information content (AvgIpc) is 2.38. The summed E-state index contributed by atoms with van der Waals surface area (Å²) < 4.78 is 0. The van der Waals surface area contributed by atoms with Crippen molar-refractivity contribution in [3.63, 3.8) is 0 Å². The molecule has 2 fully saturated rings. The molecule has 2 aliphatic rings. The molecule has 2 aliphatic carbocycles. The number of hydrogen-bond acceptors (Lipinski definition) is 3. The number of hydrogen-bond donors (Lipinski definition) is 1. The van der Waals surface area contributed by atoms with Crippen LogP contribution in [-0.2, 0) is 9.63 Å². The molecule has 3 nitrogen and oxygen atoms in total. The van der Waals surface area contributed by atoms with E-state index in [9.17, 15) is 4.79 Å². The molecule has 0 saturated heterocycles. The van der Waals surface area contributed by atoms with Crippen LogP contribution in [-0.4, -0.2) is 12.5 Å². The van der Waals surface area contributed by atoms with Crippen molar-refractivity contribution in [2.45, 2.75) is 77.0 Å². The van der Waals surface area contributed by atoms with E-state index >= 15 is 0 Å². The van der Waals surface area contributed by atoms with Crippen molar-refractivity contribution in [2.24, 2.45) is 11.8 Å². The van der Waals surface area contributed by atoms with Crippen LogP contribution in [0, 0.1) is 11.8 Å². The standard InChI is InChI=1S/C16H29NO2/c18-16(19-17-13-14-9-8-10-14)15-11-6-4-2-1-3-5-7-12-15/h14-15,17H,1-13H2. The summed E-state index contributed by atoms with van der Waals surface area (Å²) in [5.41, 5.74) is 2.90. The fraction of sp³-hybridized carbons (Fsp3) is 0.938. The van der Waals surface area contributed by atoms with Crippen LogP contribution < -0.4 is 5.48 Å². The molecule has 0 atom stereocenters. The minimum Gasteiger partial charge on any atom is -0.370 e. The molecule has 0 aliphatic heterocycles. The normalized spacial score (nSPS) is 23.6. The van der Waals surface area contributed by atoms with Crippen LogP contribution in [0.3, 0.4) is 0 Å². The molecule has 0 aromatic carbocycles. The Balaban J connectivity index is 1.64. The number of carbonyl (C=O) groups is 1. The van der Waals surface area contributed by atoms with Gasteiger partial charge in [-0.2, -0.15) is 5.48 Å². The van der Waals surface area contributed by atoms with E-state index in [1.165, 1.54) is 64.2 Å². The molecule has 0 aromatic rings. The second-order valence-corrected chi connectivity index (χ2v) is 6.32. The Morgan fingerprint density at radius 1 is 0.842 bits per heavy atom. The van der Waals surface area contributed by atoms with Gasteiger partial charge in [0.2, 0.25) is 0 Å². The topological polar surface area (TPSA) is 38.3 Å². The Labute approximate surface area is 117 Å². The van der Waals surface area contributed by atoms with E-state index < -0.39 is 0 Å². The lowest BCUT2D eigenvalue weighted by Gasteiger charge is -2.25. The lowest BCUT2D eigenvalue weighted by molar-refractivity contribution is -0.157. The Bertz CT molecular complexity index is 253. The monoisotopic (exact) mass is 267 g/mol. The second-order valence-electron chi connectivity index (χ2n) is 6.32. The summed E-state index contributed by atoms with van der Waals surface area (Å²) in [5.74, 6) is 0.851. The first-order chi connectivity index (χ1) is 9.36. The van der Waals surface area contributed by atoms with Crippen molar-refractivity contribution in [1.29, 1.82) is 0 Å². The predicted octanol–water partition coefficient (Wildman–Crippen LogP) is 3.98. The van der Waals surface area contributed by atoms with Crippen LogP contribution in [0.4, 0.5) is 0 Å². The van der Waals surface area contributed by atoms with E-state index in [1.807, 2.05) is 0 Å². The van der Waals surface area contributed by atoms with E-state index in [1.54, 1.807) is 0 Å². The molecular formula is C16H29NO2. The highest BCUT2D eigenvalue weighted by atomic mass is 16.7. The molecule has 0 bridgehead atoms. The maximum absolute atomic E-state index is 12.1. The fourth-order valence-corrected chi connectivity index (χ4v) is 3.06. The SMILES string of the molecule is O=C(ONCC1CCC1)C1CCCCCCCCC1. The Morgan fingerprint density at radius 3 is 1.95 bits per heavy atom. The van der Waals surface area contributed by atoms with Crippen molar-refractivity contribution in [2.75, 3.05) is 6.54 Å². The highest BCUT2D eigenvalue weighted by molar-refractivity contribution is 5.72. The molecule has 0 unspecified atom stereocenters. The van der Waals surface area contributed by atoms with Gasteiger partial charge in [0.25, 0.3) is 0 Å². The van der Waals surface area contributed by atoms with Gasteiger partial charge in [-0.15, -0.1) is 0 Å². The van der Waals surface area contributed by atoms with Gasteiger partial charge in [-0.1, -0.05) is 51.4 Å². The maximum Gasteiger partial charge on any atom is 0.327 e. The zero-order valence-corrected chi connectivity index (χ0v) is 12.2. The molecule has 110 valence electrons. The van der Waals surface area contributed by atoms with Gasteiger partial charge in [0.15, 0.2) is 0 Å². The van der Waals surface area contributed by atoms with Gasteiger partial charge in [0, 0.05) is 6.54 Å². The van der Waals surface area contributed by atoms with Crippen LogP contribution in [0.5, 0.6) is 0 Å². The van der Waals surface area contributed by atoms with E-state index in [2.05, 4.69) is 5.48 Å². The van der Waals surface area contributed by atoms with E-state index in [0.717, 1.165) is 25.3 Å². The van der Waals surface area contributed by atoms with E-state index in [4.69, 9.17) is 4.84 Å². The second kappa shape index (κ2) is 8.57. The highest BCUT2D eigenvalue weighted by Crippen LogP contribution is 2.25. The zero-order chi connectivity index (χ0) is 13.3. The number of nitrogens with one attached hydrogen (secondary N) is 1. The van der Waals surface area contributed by atoms with Crippen LogP contribution in [0.15, 0.2) is 0 Å². The first-order valence-corrected chi connectivity index (χ1v) is 8.30. The summed E-state index contributed by atoms with van der Waals surface area (Å²) in [5, 5.41) is 0. The third kappa shape index (κ3) is 5.52. The molecule has 19 heavy (non-hydrogen) atoms. The molecule has 0 heterocycles. The molecule has 0 spiro atoms. The third-order valence-corrected chi connectivity index (χ3v) is 4.71. The van der Waals surface area contributed by atoms with Crippen molar-refractivity contribution in [1.82, 2.24) is 5.48 Å². The fourth-order valence-electron chi connectivity index (χ4n) is 3.06. The average molecular weight is 267 g/mol. The molecular weight excluding hydrogens is 238 g/mol. The zero-order valence-electron chi connectivity index (χ0n) is 12.2. The van der Waals surface area contributed by atoms with Gasteiger partial charge in [-0.25, -0.2) is 0 Å². The smallest absolute Gasteiger partial charge is 0.327 e. The van der Waals surface area contributed by atoms with Crippen LogP contribution in [0.2, 0.25) is 0 Å². The van der Waals surface area contributed by atoms with Crippen LogP contribution >= 0.6 is 0 Å². The van der Waals surface area contributed by atoms with Crippen molar-refractivity contribution in [3.05, 3.63) is 0 Å². The van der Waals surface area contributed by atoms with Gasteiger partial charge in [0.05, 0.1) is 5.92 Å². The molecule has 2 rings (SSSR count). The largest absolute Gasteiger partial charge is 0.370 e. The molecule has 0 aromatic heterocycles. The Kier molecular flexibility index (Phi) is 6.69. The Morgan fingerprint density at radius 2 is 1.42 bits per heavy atom. The van der Waals surface area contributed by atoms with E-state index in [-0.39, 0.29) is 11.9 Å². The van der Waals surface area contributed by atoms with Crippen LogP contribution in [0.25, 0.3) is 0 Å². The summed E-state index contributed by atoms with van der Waals surface area (Å²) in [6, 6.07) is 0. The lowest BCUT2D eigenvalue weighted by Crippen LogP contribution is -2.32. The third-order valence-electron chi connectivity index (χ3n) is 4.71. The van der Waals surface area contributed by atoms with Crippen molar-refractivity contribution >= 4 is 5.97 Å². The summed E-state index contributed by atoms with van der Waals surface area (Å²) in [7, 11) is 0. The molecule has 0 radical (unpaired) electrons. The number of hydroxylamine groups is 1. The molecule has 0 amide bonds. The molecule has 2 saturated carbocycles. The Hall–Kier alpha value is -0.570. The first-order valence-electron chi connectivity index (χ1n) is 8.30. The maximum atomic E-state index is 12.1. The van der Waals surface area contributed by atoms with Gasteiger partial charge in [0.1, 0.15) is 0 Å². The molecule has 3 heteroatoms. The molecule has 1 N–H and O–H groups in total. The summed E-state index contributed by atoms with van der Waals surface area (Å²) >= 11 is 0. The summed E-state index contributed by atoms with van der Waals surface area (Å²) in [6.45, 7) is 0.846. The number of rotatable bonds is 4. The lowest BCUT2D eigenvalue weighted by atomic mass is 9.86. The van der Waals surface area contributed by atoms with E-state index in [0.29, 0.717) is 0 Å².